The fourth-order valence-corrected chi connectivity index (χ4v) is 0. The summed E-state index contributed by atoms with van der Waals surface area (Å²) in [4.78, 5) is 0. The van der Waals surface area contributed by atoms with Crippen LogP contribution in [0, 0.1) is 5.92 Å². The molecule has 0 saturated carbocycles. The molecule has 0 fully saturated rings. The summed E-state index contributed by atoms with van der Waals surface area (Å²) in [6, 6.07) is 0. The van der Waals surface area contributed by atoms with Crippen LogP contribution in [0.25, 0.3) is 0 Å². The largest absolute Gasteiger partial charge is 2.00 e. The van der Waals surface area contributed by atoms with Gasteiger partial charge in [0.15, 0.2) is 0 Å². The van der Waals surface area contributed by atoms with Crippen molar-refractivity contribution in [2.75, 3.05) is 0 Å². The van der Waals surface area contributed by atoms with Gasteiger partial charge in [0, 0.05) is 0 Å². The molecule has 0 nitrogen and oxygen atoms in total. The van der Waals surface area contributed by atoms with Gasteiger partial charge in [-0.05, 0) is 5.92 Å². The van der Waals surface area contributed by atoms with Gasteiger partial charge >= 0.3 is 10.1 Å². The van der Waals surface area contributed by atoms with E-state index in [4.69, 9.17) is 0 Å². The molecular weight excluding hydrogens is 69.1 g/mol. The summed E-state index contributed by atoms with van der Waals surface area (Å²) in [5.74, 6) is 0.884. The normalized spacial score (nSPS) is 8.00. The molecule has 0 amide bonds. The second kappa shape index (κ2) is 5.17. The Balaban J connectivity index is -0.0000000267. The molecule has 0 spiro atoms. The summed E-state index contributed by atoms with van der Waals surface area (Å²) in [6.45, 7) is 6.64. The van der Waals surface area contributed by atoms with E-state index in [2.05, 4.69) is 20.8 Å². The summed E-state index contributed by atoms with van der Waals surface area (Å²) in [7, 11) is 0. The van der Waals surface area contributed by atoms with Crippen molar-refractivity contribution < 1.29 is 2.85 Å². The standard InChI is InChI=1S/C5H12.Be.2H/c1-4-5(2)3;;;/h5H,4H2,1-3H3;;;/q;+2;2*-1. The van der Waals surface area contributed by atoms with Crippen LogP contribution in [-0.4, -0.2) is 10.1 Å². The molecule has 0 aromatic carbocycles. The second-order valence-corrected chi connectivity index (χ2v) is 1.80. The molecule has 6 heavy (non-hydrogen) atoms. The van der Waals surface area contributed by atoms with Gasteiger partial charge in [-0.3, -0.25) is 0 Å². The molecular formula is C5H14Be. The molecule has 0 atom stereocenters. The van der Waals surface area contributed by atoms with Crippen molar-refractivity contribution in [2.24, 2.45) is 5.92 Å². The van der Waals surface area contributed by atoms with Crippen molar-refractivity contribution in [1.29, 1.82) is 0 Å². The van der Waals surface area contributed by atoms with Crippen LogP contribution in [0.3, 0.4) is 0 Å². The summed E-state index contributed by atoms with van der Waals surface area (Å²) in [5, 5.41) is 0. The van der Waals surface area contributed by atoms with Gasteiger partial charge in [-0.25, -0.2) is 0 Å². The Kier molecular flexibility index (Phi) is 8.17. The monoisotopic (exact) mass is 83.1 g/mol. The molecule has 1 heteroatoms. The molecule has 0 heterocycles. The first kappa shape index (κ1) is 9.48. The van der Waals surface area contributed by atoms with E-state index in [1.54, 1.807) is 0 Å². The molecule has 0 aromatic heterocycles. The molecule has 0 saturated heterocycles. The van der Waals surface area contributed by atoms with E-state index in [1.807, 2.05) is 0 Å². The molecule has 0 rings (SSSR count). The first-order valence-corrected chi connectivity index (χ1v) is 2.27. The first-order valence-electron chi connectivity index (χ1n) is 2.27. The Morgan fingerprint density at radius 2 is 1.67 bits per heavy atom. The molecule has 0 N–H and O–H groups in total. The third kappa shape index (κ3) is 8.90. The average Bonchev–Trinajstić information content (AvgIpc) is 1.38. The van der Waals surface area contributed by atoms with Gasteiger partial charge in [0.1, 0.15) is 0 Å². The maximum absolute atomic E-state index is 2.22. The van der Waals surface area contributed by atoms with E-state index in [-0.39, 0.29) is 13.0 Å². The predicted molar refractivity (Wildman–Crippen MR) is 33.1 cm³/mol. The minimum absolute atomic E-state index is 0. The van der Waals surface area contributed by atoms with E-state index in [0.717, 1.165) is 5.92 Å². The van der Waals surface area contributed by atoms with Gasteiger partial charge in [-0.2, -0.15) is 0 Å². The third-order valence-electron chi connectivity index (χ3n) is 0.816. The van der Waals surface area contributed by atoms with Crippen molar-refractivity contribution in [3.63, 3.8) is 0 Å². The molecule has 0 aliphatic carbocycles. The van der Waals surface area contributed by atoms with Crippen molar-refractivity contribution in [1.82, 2.24) is 0 Å². The first-order chi connectivity index (χ1) is 2.27. The van der Waals surface area contributed by atoms with E-state index in [1.165, 1.54) is 6.42 Å². The molecule has 36 valence electrons. The summed E-state index contributed by atoms with van der Waals surface area (Å²) >= 11 is 0. The maximum Gasteiger partial charge on any atom is 2.00 e. The minimum atomic E-state index is 0. The third-order valence-corrected chi connectivity index (χ3v) is 0.816. The van der Waals surface area contributed by atoms with E-state index < -0.39 is 0 Å². The number of rotatable bonds is 1. The predicted octanol–water partition coefficient (Wildman–Crippen LogP) is 1.90. The molecule has 0 unspecified atom stereocenters. The van der Waals surface area contributed by atoms with E-state index >= 15 is 0 Å². The van der Waals surface area contributed by atoms with Gasteiger partial charge in [-0.1, -0.05) is 27.2 Å². The topological polar surface area (TPSA) is 0 Å². The van der Waals surface area contributed by atoms with Gasteiger partial charge in [0.05, 0.1) is 0 Å². The molecule has 0 bridgehead atoms. The SMILES string of the molecule is CCC(C)C.[Be+2].[H-].[H-]. The molecule has 0 aromatic rings. The summed E-state index contributed by atoms with van der Waals surface area (Å²) in [6.07, 6.45) is 1.31. The Labute approximate surface area is 47.1 Å². The van der Waals surface area contributed by atoms with Crippen molar-refractivity contribution in [2.45, 2.75) is 27.2 Å². The van der Waals surface area contributed by atoms with E-state index in [9.17, 15) is 0 Å². The Morgan fingerprint density at radius 3 is 1.67 bits per heavy atom. The van der Waals surface area contributed by atoms with Crippen LogP contribution in [0.1, 0.15) is 30.0 Å². The van der Waals surface area contributed by atoms with Gasteiger partial charge in [0.25, 0.3) is 0 Å². The van der Waals surface area contributed by atoms with Crippen LogP contribution in [0.4, 0.5) is 0 Å². The number of hydrogen-bond acceptors (Lipinski definition) is 0. The van der Waals surface area contributed by atoms with Crippen molar-refractivity contribution >= 4 is 10.1 Å². The van der Waals surface area contributed by atoms with Crippen LogP contribution >= 0.6 is 0 Å². The Morgan fingerprint density at radius 1 is 1.50 bits per heavy atom. The zero-order valence-corrected chi connectivity index (χ0v) is 4.99. The average molecular weight is 83.2 g/mol. The fourth-order valence-electron chi connectivity index (χ4n) is 0. The van der Waals surface area contributed by atoms with Gasteiger partial charge in [-0.15, -0.1) is 0 Å². The van der Waals surface area contributed by atoms with Crippen LogP contribution in [0.2, 0.25) is 0 Å². The maximum atomic E-state index is 2.22. The summed E-state index contributed by atoms with van der Waals surface area (Å²) < 4.78 is 0. The zero-order valence-electron chi connectivity index (χ0n) is 6.99. The van der Waals surface area contributed by atoms with Crippen LogP contribution in [0.15, 0.2) is 0 Å². The van der Waals surface area contributed by atoms with Gasteiger partial charge < -0.3 is 2.85 Å². The second-order valence-electron chi connectivity index (χ2n) is 1.80. The fraction of sp³-hybridized carbons (Fsp3) is 1.00. The molecule has 0 radical (unpaired) electrons. The van der Waals surface area contributed by atoms with Crippen LogP contribution in [0.5, 0.6) is 0 Å². The minimum Gasteiger partial charge on any atom is -1.00 e. The van der Waals surface area contributed by atoms with E-state index in [0.29, 0.717) is 0 Å². The van der Waals surface area contributed by atoms with Gasteiger partial charge in [0.2, 0.25) is 0 Å². The zero-order chi connectivity index (χ0) is 4.28. The smallest absolute Gasteiger partial charge is 1.00 e. The Bertz CT molecular complexity index is 24.4. The van der Waals surface area contributed by atoms with Crippen molar-refractivity contribution in [3.05, 3.63) is 0 Å². The molecule has 0 aliphatic heterocycles. The van der Waals surface area contributed by atoms with Crippen LogP contribution < -0.4 is 0 Å². The number of hydrogen-bond donors (Lipinski definition) is 0. The molecule has 0 aliphatic rings. The van der Waals surface area contributed by atoms with Crippen molar-refractivity contribution in [3.8, 4) is 0 Å². The quantitative estimate of drug-likeness (QED) is 0.425. The summed E-state index contributed by atoms with van der Waals surface area (Å²) in [5.41, 5.74) is 0. The van der Waals surface area contributed by atoms with Crippen LogP contribution in [-0.2, 0) is 0 Å². The Hall–Kier alpha value is 0.169.